The largest absolute Gasteiger partial charge is 0.497 e. The van der Waals surface area contributed by atoms with E-state index in [4.69, 9.17) is 9.47 Å². The van der Waals surface area contributed by atoms with Gasteiger partial charge in [-0.15, -0.1) is 0 Å². The fourth-order valence-electron chi connectivity index (χ4n) is 3.32. The van der Waals surface area contributed by atoms with E-state index in [0.717, 1.165) is 28.2 Å². The highest BCUT2D eigenvalue weighted by Gasteiger charge is 2.23. The number of hydrogen-bond acceptors (Lipinski definition) is 5. The summed E-state index contributed by atoms with van der Waals surface area (Å²) in [5.41, 5.74) is 2.85. The molecule has 0 aromatic heterocycles. The number of benzene rings is 3. The van der Waals surface area contributed by atoms with E-state index < -0.39 is 12.9 Å². The fourth-order valence-corrected chi connectivity index (χ4v) is 3.32. The Morgan fingerprint density at radius 3 is 1.70 bits per heavy atom. The zero-order valence-electron chi connectivity index (χ0n) is 17.3. The molecule has 30 heavy (non-hydrogen) atoms. The predicted molar refractivity (Wildman–Crippen MR) is 117 cm³/mol. The van der Waals surface area contributed by atoms with Gasteiger partial charge in [-0.25, -0.2) is 4.39 Å². The minimum atomic E-state index is -1.88. The van der Waals surface area contributed by atoms with Crippen molar-refractivity contribution in [2.24, 2.45) is 0 Å². The van der Waals surface area contributed by atoms with Crippen LogP contribution in [0.4, 0.5) is 10.1 Å². The van der Waals surface area contributed by atoms with Crippen molar-refractivity contribution in [1.82, 2.24) is 0 Å². The van der Waals surface area contributed by atoms with Gasteiger partial charge in [-0.1, -0.05) is 30.3 Å². The molecule has 5 nitrogen and oxygen atoms in total. The first kappa shape index (κ1) is 21.7. The van der Waals surface area contributed by atoms with Crippen LogP contribution >= 0.6 is 0 Å². The second kappa shape index (κ2) is 9.65. The van der Waals surface area contributed by atoms with Crippen LogP contribution in [0.15, 0.2) is 60.7 Å². The molecule has 0 radical (unpaired) electrons. The molecule has 0 spiro atoms. The monoisotopic (exact) mass is 409 g/mol. The van der Waals surface area contributed by atoms with Crippen LogP contribution in [0.2, 0.25) is 0 Å². The molecule has 0 aliphatic heterocycles. The summed E-state index contributed by atoms with van der Waals surface area (Å²) in [4.78, 5) is 1.87. The molecule has 0 saturated heterocycles. The van der Waals surface area contributed by atoms with Crippen molar-refractivity contribution < 1.29 is 23.9 Å². The Labute approximate surface area is 176 Å². The Balaban J connectivity index is 1.99. The lowest BCUT2D eigenvalue weighted by molar-refractivity contribution is 0.414. The van der Waals surface area contributed by atoms with Gasteiger partial charge in [-0.2, -0.15) is 0 Å². The quantitative estimate of drug-likeness (QED) is 0.560. The highest BCUT2D eigenvalue weighted by molar-refractivity contribution is 6.58. The number of nitrogens with zero attached hydrogens (tertiary/aromatic N) is 1. The summed E-state index contributed by atoms with van der Waals surface area (Å²) >= 11 is 0. The van der Waals surface area contributed by atoms with Gasteiger partial charge in [0.1, 0.15) is 17.3 Å². The zero-order valence-corrected chi connectivity index (χ0v) is 17.3. The van der Waals surface area contributed by atoms with E-state index in [-0.39, 0.29) is 5.46 Å². The molecule has 0 bridgehead atoms. The molecule has 2 N–H and O–H groups in total. The number of hydrogen-bond donors (Lipinski definition) is 2. The molecular weight excluding hydrogens is 384 g/mol. The van der Waals surface area contributed by atoms with Crippen LogP contribution in [-0.4, -0.2) is 31.4 Å². The third-order valence-corrected chi connectivity index (χ3v) is 4.91. The van der Waals surface area contributed by atoms with Gasteiger partial charge in [0.05, 0.1) is 19.9 Å². The van der Waals surface area contributed by atoms with Crippen molar-refractivity contribution >= 4 is 18.3 Å². The van der Waals surface area contributed by atoms with E-state index >= 15 is 4.39 Å². The normalized spacial score (nSPS) is 10.6. The molecule has 3 rings (SSSR count). The molecular formula is C23H25BFNO4. The summed E-state index contributed by atoms with van der Waals surface area (Å²) in [6.45, 7) is 2.66. The molecule has 0 amide bonds. The number of ether oxygens (including phenoxy) is 2. The van der Waals surface area contributed by atoms with E-state index in [0.29, 0.717) is 18.8 Å². The van der Waals surface area contributed by atoms with Gasteiger partial charge in [-0.05, 0) is 53.9 Å². The van der Waals surface area contributed by atoms with Gasteiger partial charge in [0, 0.05) is 18.6 Å². The molecule has 0 unspecified atom stereocenters. The third-order valence-electron chi connectivity index (χ3n) is 4.91. The van der Waals surface area contributed by atoms with Crippen molar-refractivity contribution in [3.8, 4) is 11.5 Å². The average Bonchev–Trinajstić information content (AvgIpc) is 2.75. The maximum atomic E-state index is 15.2. The van der Waals surface area contributed by atoms with Crippen molar-refractivity contribution in [2.45, 2.75) is 20.0 Å². The molecule has 0 atom stereocenters. The van der Waals surface area contributed by atoms with Crippen LogP contribution in [0.3, 0.4) is 0 Å². The highest BCUT2D eigenvalue weighted by Crippen LogP contribution is 2.25. The minimum Gasteiger partial charge on any atom is -0.497 e. The van der Waals surface area contributed by atoms with E-state index in [1.54, 1.807) is 27.2 Å². The summed E-state index contributed by atoms with van der Waals surface area (Å²) in [5.74, 6) is 0.846. The molecule has 0 aliphatic rings. The summed E-state index contributed by atoms with van der Waals surface area (Å²) < 4.78 is 25.6. The van der Waals surface area contributed by atoms with Crippen LogP contribution in [0, 0.1) is 12.7 Å². The van der Waals surface area contributed by atoms with Crippen molar-refractivity contribution in [3.05, 3.63) is 83.2 Å². The van der Waals surface area contributed by atoms with E-state index in [2.05, 4.69) is 0 Å². The average molecular weight is 409 g/mol. The summed E-state index contributed by atoms with van der Waals surface area (Å²) in [5, 5.41) is 19.2. The van der Waals surface area contributed by atoms with E-state index in [1.165, 1.54) is 6.07 Å². The first-order valence-corrected chi connectivity index (χ1v) is 9.58. The van der Waals surface area contributed by atoms with Crippen LogP contribution in [0.25, 0.3) is 0 Å². The lowest BCUT2D eigenvalue weighted by Gasteiger charge is -2.27. The second-order valence-corrected chi connectivity index (χ2v) is 7.11. The Kier molecular flexibility index (Phi) is 6.97. The zero-order chi connectivity index (χ0) is 21.7. The maximum Gasteiger partial charge on any atom is 0.491 e. The minimum absolute atomic E-state index is 0.139. The van der Waals surface area contributed by atoms with Crippen LogP contribution in [-0.2, 0) is 13.1 Å². The van der Waals surface area contributed by atoms with E-state index in [9.17, 15) is 10.0 Å². The SMILES string of the molecule is COc1ccc(CN(Cc2ccc(OC)cc2)c2cc(C)cc(B(O)O)c2F)cc1. The molecule has 0 aliphatic carbocycles. The molecule has 0 saturated carbocycles. The Morgan fingerprint density at radius 1 is 0.833 bits per heavy atom. The Hall–Kier alpha value is -3.03. The number of methoxy groups -OCH3 is 2. The standard InChI is InChI=1S/C23H25BFNO4/c1-16-12-21(24(27)28)23(25)22(13-16)26(14-17-4-8-19(29-2)9-5-17)15-18-6-10-20(30-3)11-7-18/h4-13,27-28H,14-15H2,1-3H3. The number of aryl methyl sites for hydroxylation is 1. The summed E-state index contributed by atoms with van der Waals surface area (Å²) in [7, 11) is 1.33. The first-order chi connectivity index (χ1) is 14.4. The van der Waals surface area contributed by atoms with Gasteiger partial charge < -0.3 is 24.4 Å². The maximum absolute atomic E-state index is 15.2. The molecule has 3 aromatic carbocycles. The van der Waals surface area contributed by atoms with Gasteiger partial charge in [0.25, 0.3) is 0 Å². The highest BCUT2D eigenvalue weighted by atomic mass is 19.1. The van der Waals surface area contributed by atoms with Crippen LogP contribution in [0.1, 0.15) is 16.7 Å². The van der Waals surface area contributed by atoms with Crippen molar-refractivity contribution in [2.75, 3.05) is 19.1 Å². The van der Waals surface area contributed by atoms with Gasteiger partial charge in [0.15, 0.2) is 0 Å². The Morgan fingerprint density at radius 2 is 1.30 bits per heavy atom. The van der Waals surface area contributed by atoms with Crippen molar-refractivity contribution in [3.63, 3.8) is 0 Å². The number of rotatable bonds is 8. The van der Waals surface area contributed by atoms with Gasteiger partial charge in [0.2, 0.25) is 0 Å². The fraction of sp³-hybridized carbons (Fsp3) is 0.217. The van der Waals surface area contributed by atoms with Gasteiger partial charge >= 0.3 is 7.12 Å². The lowest BCUT2D eigenvalue weighted by atomic mass is 9.78. The summed E-state index contributed by atoms with van der Waals surface area (Å²) in [6.07, 6.45) is 0. The molecule has 0 heterocycles. The topological polar surface area (TPSA) is 62.2 Å². The second-order valence-electron chi connectivity index (χ2n) is 7.11. The molecule has 7 heteroatoms. The van der Waals surface area contributed by atoms with Crippen LogP contribution in [0.5, 0.6) is 11.5 Å². The van der Waals surface area contributed by atoms with Crippen molar-refractivity contribution in [1.29, 1.82) is 0 Å². The molecule has 3 aromatic rings. The smallest absolute Gasteiger partial charge is 0.491 e. The molecule has 156 valence electrons. The van der Waals surface area contributed by atoms with Gasteiger partial charge in [-0.3, -0.25) is 0 Å². The molecule has 0 fully saturated rings. The Bertz CT molecular complexity index is 928. The summed E-state index contributed by atoms with van der Waals surface area (Å²) in [6, 6.07) is 18.3. The first-order valence-electron chi connectivity index (χ1n) is 9.58. The van der Waals surface area contributed by atoms with E-state index in [1.807, 2.05) is 53.4 Å². The lowest BCUT2D eigenvalue weighted by Crippen LogP contribution is -2.35. The third kappa shape index (κ3) is 5.12. The number of halogens is 1. The number of anilines is 1. The van der Waals surface area contributed by atoms with Crippen LogP contribution < -0.4 is 19.8 Å². The predicted octanol–water partition coefficient (Wildman–Crippen LogP) is 3.04.